The van der Waals surface area contributed by atoms with E-state index in [1.165, 1.54) is 5.69 Å². The maximum Gasteiger partial charge on any atom is 0.216 e. The van der Waals surface area contributed by atoms with Crippen LogP contribution in [0.1, 0.15) is 63.6 Å². The molecule has 0 amide bonds. The molecule has 1 aromatic heterocycles. The zero-order valence-corrected chi connectivity index (χ0v) is 19.1. The van der Waals surface area contributed by atoms with Gasteiger partial charge in [0.15, 0.2) is 0 Å². The van der Waals surface area contributed by atoms with E-state index in [1.54, 1.807) is 20.8 Å². The van der Waals surface area contributed by atoms with Gasteiger partial charge in [-0.15, -0.1) is 0 Å². The third kappa shape index (κ3) is 4.39. The lowest BCUT2D eigenvalue weighted by atomic mass is 9.84. The van der Waals surface area contributed by atoms with E-state index in [2.05, 4.69) is 34.0 Å². The summed E-state index contributed by atoms with van der Waals surface area (Å²) in [6.07, 6.45) is 3.58. The summed E-state index contributed by atoms with van der Waals surface area (Å²) in [5, 5.41) is 10.4. The van der Waals surface area contributed by atoms with Crippen LogP contribution in [0.2, 0.25) is 0 Å². The normalized spacial score (nSPS) is 19.9. The van der Waals surface area contributed by atoms with E-state index in [0.717, 1.165) is 47.7 Å². The maximum atomic E-state index is 12.5. The van der Waals surface area contributed by atoms with Crippen molar-refractivity contribution in [1.29, 1.82) is 5.26 Å². The van der Waals surface area contributed by atoms with Gasteiger partial charge in [-0.25, -0.2) is 13.1 Å². The van der Waals surface area contributed by atoms with E-state index in [9.17, 15) is 13.7 Å². The zero-order chi connectivity index (χ0) is 22.2. The lowest BCUT2D eigenvalue weighted by molar-refractivity contribution is 0.368. The largest absolute Gasteiger partial charge is 0.358 e. The predicted octanol–water partition coefficient (Wildman–Crippen LogP) is 5.45. The Morgan fingerprint density at radius 3 is 2.42 bits per heavy atom. The highest BCUT2D eigenvalue weighted by Gasteiger charge is 2.33. The molecule has 0 atom stereocenters. The van der Waals surface area contributed by atoms with E-state index in [-0.39, 0.29) is 6.04 Å². The van der Waals surface area contributed by atoms with Crippen molar-refractivity contribution in [3.8, 4) is 17.2 Å². The number of sulfonamides is 1. The summed E-state index contributed by atoms with van der Waals surface area (Å²) >= 11 is 0. The number of hydrogen-bond acceptors (Lipinski definition) is 3. The van der Waals surface area contributed by atoms with Gasteiger partial charge in [-0.2, -0.15) is 5.26 Å². The molecule has 0 spiro atoms. The Morgan fingerprint density at radius 2 is 1.74 bits per heavy atom. The van der Waals surface area contributed by atoms with Crippen molar-refractivity contribution < 1.29 is 8.42 Å². The van der Waals surface area contributed by atoms with Crippen LogP contribution in [0.3, 0.4) is 0 Å². The summed E-state index contributed by atoms with van der Waals surface area (Å²) in [5.74, 6) is 0.390. The fourth-order valence-electron chi connectivity index (χ4n) is 4.32. The first-order chi connectivity index (χ1) is 14.7. The average molecular weight is 436 g/mol. The number of aromatic amines is 1. The van der Waals surface area contributed by atoms with Gasteiger partial charge in [0, 0.05) is 22.6 Å². The van der Waals surface area contributed by atoms with Gasteiger partial charge >= 0.3 is 0 Å². The van der Waals surface area contributed by atoms with Gasteiger partial charge in [-0.3, -0.25) is 0 Å². The molecule has 1 saturated carbocycles. The fourth-order valence-corrected chi connectivity index (χ4v) is 5.35. The standard InChI is InChI=1S/C25H29N3O2S/c1-25(2,3)31(29,30)28-20-12-10-18(11-13-20)24-15-22-21(8-5-9-23(22)27-24)19-7-4-6-17(14-19)16-26/h4-9,14-15,18,20,27-28H,10-13H2,1-3H3/t18-,20-. The third-order valence-electron chi connectivity index (χ3n) is 6.28. The van der Waals surface area contributed by atoms with Crippen molar-refractivity contribution in [3.63, 3.8) is 0 Å². The van der Waals surface area contributed by atoms with Crippen LogP contribution in [-0.4, -0.2) is 24.2 Å². The molecule has 0 bridgehead atoms. The number of H-pyrrole nitrogens is 1. The van der Waals surface area contributed by atoms with E-state index in [0.29, 0.717) is 11.5 Å². The summed E-state index contributed by atoms with van der Waals surface area (Å²) in [7, 11) is -3.32. The summed E-state index contributed by atoms with van der Waals surface area (Å²) < 4.78 is 27.1. The minimum absolute atomic E-state index is 0.00846. The van der Waals surface area contributed by atoms with Crippen LogP contribution in [-0.2, 0) is 10.0 Å². The predicted molar refractivity (Wildman–Crippen MR) is 125 cm³/mol. The SMILES string of the molecule is CC(C)(C)S(=O)(=O)N[C@H]1CC[C@H](c2cc3c(-c4cccc(C#N)c4)cccc3[nH]2)CC1. The Labute approximate surface area is 184 Å². The van der Waals surface area contributed by atoms with Crippen LogP contribution in [0.25, 0.3) is 22.0 Å². The van der Waals surface area contributed by atoms with Gasteiger partial charge in [-0.05, 0) is 87.8 Å². The van der Waals surface area contributed by atoms with Crippen molar-refractivity contribution in [1.82, 2.24) is 9.71 Å². The molecule has 4 rings (SSSR count). The molecule has 0 unspecified atom stereocenters. The molecule has 6 heteroatoms. The smallest absolute Gasteiger partial charge is 0.216 e. The Balaban J connectivity index is 1.54. The van der Waals surface area contributed by atoms with Crippen molar-refractivity contribution >= 4 is 20.9 Å². The number of rotatable bonds is 4. The van der Waals surface area contributed by atoms with Gasteiger partial charge in [0.05, 0.1) is 16.4 Å². The minimum atomic E-state index is -3.32. The van der Waals surface area contributed by atoms with Crippen molar-refractivity contribution in [3.05, 3.63) is 59.8 Å². The second-order valence-electron chi connectivity index (χ2n) is 9.47. The van der Waals surface area contributed by atoms with Gasteiger partial charge in [0.1, 0.15) is 0 Å². The molecular weight excluding hydrogens is 406 g/mol. The number of benzene rings is 2. The molecule has 5 nitrogen and oxygen atoms in total. The molecule has 162 valence electrons. The van der Waals surface area contributed by atoms with Gasteiger partial charge in [0.25, 0.3) is 0 Å². The first-order valence-corrected chi connectivity index (χ1v) is 12.3. The number of fused-ring (bicyclic) bond motifs is 1. The molecule has 1 heterocycles. The van der Waals surface area contributed by atoms with Gasteiger partial charge in [-0.1, -0.05) is 24.3 Å². The number of nitrogens with one attached hydrogen (secondary N) is 2. The second kappa shape index (κ2) is 8.14. The molecule has 2 aromatic carbocycles. The zero-order valence-electron chi connectivity index (χ0n) is 18.3. The number of aromatic nitrogens is 1. The molecule has 31 heavy (non-hydrogen) atoms. The Hall–Kier alpha value is -2.62. The van der Waals surface area contributed by atoms with Crippen LogP contribution in [0, 0.1) is 11.3 Å². The second-order valence-corrected chi connectivity index (χ2v) is 11.9. The molecule has 2 N–H and O–H groups in total. The van der Waals surface area contributed by atoms with E-state index >= 15 is 0 Å². The Kier molecular flexibility index (Phi) is 5.67. The summed E-state index contributed by atoms with van der Waals surface area (Å²) in [5.41, 5.74) is 5.10. The van der Waals surface area contributed by atoms with E-state index < -0.39 is 14.8 Å². The maximum absolute atomic E-state index is 12.5. The first-order valence-electron chi connectivity index (χ1n) is 10.8. The highest BCUT2D eigenvalue weighted by molar-refractivity contribution is 7.90. The first kappa shape index (κ1) is 21.6. The summed E-state index contributed by atoms with van der Waals surface area (Å²) in [4.78, 5) is 3.59. The van der Waals surface area contributed by atoms with Crippen molar-refractivity contribution in [2.45, 2.75) is 63.2 Å². The van der Waals surface area contributed by atoms with Crippen LogP contribution < -0.4 is 4.72 Å². The topological polar surface area (TPSA) is 85.8 Å². The summed E-state index contributed by atoms with van der Waals surface area (Å²) in [6.45, 7) is 5.19. The van der Waals surface area contributed by atoms with Gasteiger partial charge in [0.2, 0.25) is 10.0 Å². The van der Waals surface area contributed by atoms with Crippen molar-refractivity contribution in [2.75, 3.05) is 0 Å². The van der Waals surface area contributed by atoms with Crippen molar-refractivity contribution in [2.24, 2.45) is 0 Å². The molecule has 0 aliphatic heterocycles. The van der Waals surface area contributed by atoms with Crippen LogP contribution in [0.15, 0.2) is 48.5 Å². The molecule has 1 fully saturated rings. The highest BCUT2D eigenvalue weighted by Crippen LogP contribution is 2.37. The minimum Gasteiger partial charge on any atom is -0.358 e. The van der Waals surface area contributed by atoms with Crippen LogP contribution in [0.5, 0.6) is 0 Å². The average Bonchev–Trinajstić information content (AvgIpc) is 3.17. The Morgan fingerprint density at radius 1 is 1.03 bits per heavy atom. The molecular formula is C25H29N3O2S. The lowest BCUT2D eigenvalue weighted by Crippen LogP contribution is -2.45. The molecule has 1 aliphatic carbocycles. The van der Waals surface area contributed by atoms with Gasteiger partial charge < -0.3 is 4.98 Å². The number of nitrogens with zero attached hydrogens (tertiary/aromatic N) is 1. The summed E-state index contributed by atoms with van der Waals surface area (Å²) in [6, 6.07) is 18.4. The molecule has 0 saturated heterocycles. The quantitative estimate of drug-likeness (QED) is 0.571. The van der Waals surface area contributed by atoms with E-state index in [1.807, 2.05) is 30.3 Å². The Bertz CT molecular complexity index is 1240. The fraction of sp³-hybridized carbons (Fsp3) is 0.400. The number of nitriles is 1. The molecule has 1 aliphatic rings. The van der Waals surface area contributed by atoms with Crippen LogP contribution in [0.4, 0.5) is 0 Å². The molecule has 3 aromatic rings. The van der Waals surface area contributed by atoms with E-state index in [4.69, 9.17) is 0 Å². The lowest BCUT2D eigenvalue weighted by Gasteiger charge is -2.31. The van der Waals surface area contributed by atoms with Crippen LogP contribution >= 0.6 is 0 Å². The monoisotopic (exact) mass is 435 g/mol. The number of hydrogen-bond donors (Lipinski definition) is 2. The highest BCUT2D eigenvalue weighted by atomic mass is 32.2. The third-order valence-corrected chi connectivity index (χ3v) is 8.54. The molecule has 0 radical (unpaired) electrons.